The monoisotopic (exact) mass is 691 g/mol. The van der Waals surface area contributed by atoms with Gasteiger partial charge in [0.2, 0.25) is 0 Å². The minimum atomic E-state index is -1.23. The first-order valence-electron chi connectivity index (χ1n) is 16.2. The van der Waals surface area contributed by atoms with E-state index in [4.69, 9.17) is 18.9 Å². The summed E-state index contributed by atoms with van der Waals surface area (Å²) < 4.78 is 29.0. The summed E-state index contributed by atoms with van der Waals surface area (Å²) >= 11 is 2.88. The molecule has 10 heteroatoms. The van der Waals surface area contributed by atoms with Gasteiger partial charge in [-0.25, -0.2) is 14.4 Å². The summed E-state index contributed by atoms with van der Waals surface area (Å²) in [6, 6.07) is 25.2. The Morgan fingerprint density at radius 2 is 1.25 bits per heavy atom. The second-order valence-corrected chi connectivity index (χ2v) is 14.0. The third-order valence-corrected chi connectivity index (χ3v) is 9.99. The molecule has 6 atom stereocenters. The molecule has 3 aromatic rings. The van der Waals surface area contributed by atoms with E-state index in [1.165, 1.54) is 11.8 Å². The molecule has 256 valence electrons. The average molecular weight is 692 g/mol. The topological polar surface area (TPSA) is 100 Å². The van der Waals surface area contributed by atoms with E-state index in [1.54, 1.807) is 103 Å². The molecule has 0 radical (unpaired) electrons. The lowest BCUT2D eigenvalue weighted by atomic mass is 9.78. The van der Waals surface area contributed by atoms with E-state index in [9.17, 15) is 14.4 Å². The Morgan fingerprint density at radius 3 is 1.69 bits per heavy atom. The first-order chi connectivity index (χ1) is 23.2. The van der Waals surface area contributed by atoms with Crippen molar-refractivity contribution in [3.63, 3.8) is 0 Å². The number of benzene rings is 3. The van der Waals surface area contributed by atoms with E-state index in [-0.39, 0.29) is 0 Å². The molecular weight excluding hydrogens is 647 g/mol. The second kappa shape index (κ2) is 18.3. The zero-order valence-electron chi connectivity index (χ0n) is 27.9. The van der Waals surface area contributed by atoms with Gasteiger partial charge < -0.3 is 18.9 Å². The third-order valence-electron chi connectivity index (χ3n) is 8.24. The highest BCUT2D eigenvalue weighted by molar-refractivity contribution is 7.99. The summed E-state index contributed by atoms with van der Waals surface area (Å²) in [5, 5.41) is 0. The SMILES string of the molecule is C=CC(C)(C)[C@@H](NSCCCCC)[C@H]1OC(SC)[C@H](OC(=O)c2ccccc2)C(OC(=O)c2ccccc2)C1OC(=O)c1ccccc1. The molecule has 0 aromatic heterocycles. The predicted molar refractivity (Wildman–Crippen MR) is 192 cm³/mol. The lowest BCUT2D eigenvalue weighted by Gasteiger charge is -2.49. The maximum Gasteiger partial charge on any atom is 0.338 e. The van der Waals surface area contributed by atoms with Crippen molar-refractivity contribution in [2.24, 2.45) is 5.41 Å². The number of rotatable bonds is 16. The van der Waals surface area contributed by atoms with Gasteiger partial charge in [-0.3, -0.25) is 4.72 Å². The Bertz CT molecular complexity index is 1470. The number of hydrogen-bond donors (Lipinski definition) is 1. The Balaban J connectivity index is 1.81. The summed E-state index contributed by atoms with van der Waals surface area (Å²) in [6.45, 7) is 10.3. The molecule has 1 aliphatic heterocycles. The largest absolute Gasteiger partial charge is 0.452 e. The predicted octanol–water partition coefficient (Wildman–Crippen LogP) is 7.76. The quantitative estimate of drug-likeness (QED) is 0.0528. The molecule has 1 N–H and O–H groups in total. The van der Waals surface area contributed by atoms with Gasteiger partial charge in [0.25, 0.3) is 0 Å². The van der Waals surface area contributed by atoms with E-state index in [1.807, 2.05) is 26.2 Å². The van der Waals surface area contributed by atoms with Crippen molar-refractivity contribution in [3.8, 4) is 0 Å². The van der Waals surface area contributed by atoms with Crippen LogP contribution < -0.4 is 4.72 Å². The molecule has 3 aromatic carbocycles. The van der Waals surface area contributed by atoms with Crippen LogP contribution in [0.15, 0.2) is 104 Å². The van der Waals surface area contributed by atoms with Gasteiger partial charge in [0, 0.05) is 11.2 Å². The number of thioether (sulfide) groups is 1. The van der Waals surface area contributed by atoms with Crippen molar-refractivity contribution >= 4 is 41.6 Å². The smallest absolute Gasteiger partial charge is 0.338 e. The Morgan fingerprint density at radius 1 is 0.792 bits per heavy atom. The fourth-order valence-corrected chi connectivity index (χ4v) is 7.13. The molecular formula is C38H45NO7S2. The van der Waals surface area contributed by atoms with E-state index in [2.05, 4.69) is 18.2 Å². The van der Waals surface area contributed by atoms with Crippen LogP contribution in [0.1, 0.15) is 71.1 Å². The van der Waals surface area contributed by atoms with Gasteiger partial charge >= 0.3 is 17.9 Å². The highest BCUT2D eigenvalue weighted by atomic mass is 32.2. The van der Waals surface area contributed by atoms with E-state index in [0.717, 1.165) is 25.0 Å². The molecule has 0 aliphatic carbocycles. The fraction of sp³-hybridized carbons (Fsp3) is 0.395. The zero-order chi connectivity index (χ0) is 34.5. The van der Waals surface area contributed by atoms with Crippen molar-refractivity contribution in [2.45, 2.75) is 75.9 Å². The van der Waals surface area contributed by atoms with E-state index >= 15 is 0 Å². The van der Waals surface area contributed by atoms with Crippen LogP contribution in [0.25, 0.3) is 0 Å². The summed E-state index contributed by atoms with van der Waals surface area (Å²) in [5.41, 5.74) is -0.422. The Hall–Kier alpha value is -3.57. The molecule has 4 rings (SSSR count). The number of esters is 3. The van der Waals surface area contributed by atoms with Crippen molar-refractivity contribution < 1.29 is 33.3 Å². The van der Waals surface area contributed by atoms with Crippen molar-refractivity contribution in [2.75, 3.05) is 12.0 Å². The van der Waals surface area contributed by atoms with Crippen LogP contribution in [0.4, 0.5) is 0 Å². The molecule has 1 saturated heterocycles. The van der Waals surface area contributed by atoms with Crippen LogP contribution in [-0.4, -0.2) is 65.8 Å². The van der Waals surface area contributed by atoms with Crippen molar-refractivity contribution in [3.05, 3.63) is 120 Å². The van der Waals surface area contributed by atoms with Gasteiger partial charge in [0.1, 0.15) is 11.5 Å². The highest BCUT2D eigenvalue weighted by Gasteiger charge is 2.56. The maximum absolute atomic E-state index is 13.8. The molecule has 3 unspecified atom stereocenters. The van der Waals surface area contributed by atoms with Crippen LogP contribution in [0, 0.1) is 5.41 Å². The van der Waals surface area contributed by atoms with Gasteiger partial charge in [0.15, 0.2) is 18.3 Å². The first-order valence-corrected chi connectivity index (χ1v) is 18.4. The summed E-state index contributed by atoms with van der Waals surface area (Å²) in [7, 11) is 0. The van der Waals surface area contributed by atoms with Crippen LogP contribution in [0.3, 0.4) is 0 Å². The third kappa shape index (κ3) is 9.75. The second-order valence-electron chi connectivity index (χ2n) is 12.1. The van der Waals surface area contributed by atoms with Crippen LogP contribution in [0.2, 0.25) is 0 Å². The van der Waals surface area contributed by atoms with Crippen molar-refractivity contribution in [1.82, 2.24) is 4.72 Å². The molecule has 1 aliphatic rings. The minimum Gasteiger partial charge on any atom is -0.452 e. The van der Waals surface area contributed by atoms with Gasteiger partial charge in [-0.1, -0.05) is 106 Å². The highest BCUT2D eigenvalue weighted by Crippen LogP contribution is 2.40. The van der Waals surface area contributed by atoms with Gasteiger partial charge in [-0.2, -0.15) is 0 Å². The molecule has 8 nitrogen and oxygen atoms in total. The normalized spacial score (nSPS) is 21.5. The zero-order valence-corrected chi connectivity index (χ0v) is 29.5. The molecule has 1 fully saturated rings. The van der Waals surface area contributed by atoms with Gasteiger partial charge in [-0.15, -0.1) is 18.3 Å². The standard InChI is InChI=1S/C38H45NO7S2/c1-6-8-18-25-48-39-33(38(3,4)7-2)31-29(43-34(40)26-19-12-9-13-20-26)30(44-35(41)27-21-14-10-15-22-27)32(37(46-31)47-5)45-36(42)28-23-16-11-17-24-28/h7,9-17,19-24,29-33,37,39H,2,6,8,18,25H2,1,3-5H3/t29?,30?,31-,32+,33-,37?/m0/s1. The Kier molecular flexibility index (Phi) is 14.2. The number of carbonyl (C=O) groups excluding carboxylic acids is 3. The Labute approximate surface area is 292 Å². The van der Waals surface area contributed by atoms with E-state index in [0.29, 0.717) is 16.7 Å². The summed E-state index contributed by atoms with van der Waals surface area (Å²) in [5.74, 6) is -1.04. The van der Waals surface area contributed by atoms with Gasteiger partial charge in [0.05, 0.1) is 22.7 Å². The molecule has 0 saturated carbocycles. The van der Waals surface area contributed by atoms with Crippen LogP contribution >= 0.6 is 23.7 Å². The van der Waals surface area contributed by atoms with E-state index < -0.39 is 59.2 Å². The first kappa shape index (κ1) is 37.3. The number of ether oxygens (including phenoxy) is 4. The number of hydrogen-bond acceptors (Lipinski definition) is 10. The van der Waals surface area contributed by atoms with Crippen molar-refractivity contribution in [1.29, 1.82) is 0 Å². The van der Waals surface area contributed by atoms with Gasteiger partial charge in [-0.05, 0) is 49.1 Å². The molecule has 0 amide bonds. The number of carbonyl (C=O) groups is 3. The lowest BCUT2D eigenvalue weighted by molar-refractivity contribution is -0.209. The molecule has 1 heterocycles. The number of nitrogens with one attached hydrogen (secondary N) is 1. The molecule has 0 bridgehead atoms. The molecule has 48 heavy (non-hydrogen) atoms. The minimum absolute atomic E-state index is 0.301. The fourth-order valence-electron chi connectivity index (χ4n) is 5.33. The lowest BCUT2D eigenvalue weighted by Crippen LogP contribution is -2.66. The van der Waals surface area contributed by atoms with Crippen LogP contribution in [0.5, 0.6) is 0 Å². The number of unbranched alkanes of at least 4 members (excludes halogenated alkanes) is 2. The summed E-state index contributed by atoms with van der Waals surface area (Å²) in [4.78, 5) is 41.0. The van der Waals surface area contributed by atoms with Crippen LogP contribution in [-0.2, 0) is 18.9 Å². The summed E-state index contributed by atoms with van der Waals surface area (Å²) in [6.07, 6.45) is 2.49. The maximum atomic E-state index is 13.8. The average Bonchev–Trinajstić information content (AvgIpc) is 3.12. The molecule has 0 spiro atoms.